The largest absolute Gasteiger partial charge is 0.472 e. The zero-order valence-corrected chi connectivity index (χ0v) is 8.27. The van der Waals surface area contributed by atoms with Gasteiger partial charge in [-0.1, -0.05) is 0 Å². The minimum absolute atomic E-state index is 0.0538. The highest BCUT2D eigenvalue weighted by Gasteiger charge is 2.00. The van der Waals surface area contributed by atoms with Crippen molar-refractivity contribution >= 4 is 0 Å². The summed E-state index contributed by atoms with van der Waals surface area (Å²) in [5.74, 6) is 1.41. The molecule has 2 aromatic rings. The molecule has 0 bridgehead atoms. The van der Waals surface area contributed by atoms with Gasteiger partial charge in [0.15, 0.2) is 0 Å². The van der Waals surface area contributed by atoms with Crippen LogP contribution in [-0.4, -0.2) is 5.11 Å². The summed E-state index contributed by atoms with van der Waals surface area (Å²) in [5, 5.41) is 12.0. The molecule has 15 heavy (non-hydrogen) atoms. The fraction of sp³-hybridized carbons (Fsp3) is 0.273. The highest BCUT2D eigenvalue weighted by atomic mass is 16.4. The molecule has 0 aliphatic heterocycles. The van der Waals surface area contributed by atoms with Crippen LogP contribution in [0, 0.1) is 0 Å². The number of aliphatic hydroxyl groups excluding tert-OH is 1. The summed E-state index contributed by atoms with van der Waals surface area (Å²) in [6, 6.07) is 5.54. The van der Waals surface area contributed by atoms with Crippen LogP contribution in [0.2, 0.25) is 0 Å². The van der Waals surface area contributed by atoms with Crippen molar-refractivity contribution in [2.75, 3.05) is 0 Å². The van der Waals surface area contributed by atoms with Crippen LogP contribution in [0.4, 0.5) is 0 Å². The predicted molar refractivity (Wildman–Crippen MR) is 53.9 cm³/mol. The van der Waals surface area contributed by atoms with E-state index in [0.717, 1.165) is 17.9 Å². The third-order valence-corrected chi connectivity index (χ3v) is 2.08. The molecule has 80 valence electrons. The number of nitrogens with one attached hydrogen (secondary N) is 1. The van der Waals surface area contributed by atoms with Crippen LogP contribution in [0.3, 0.4) is 0 Å². The average molecular weight is 207 g/mol. The van der Waals surface area contributed by atoms with Gasteiger partial charge in [0.25, 0.3) is 0 Å². The Morgan fingerprint density at radius 2 is 2.00 bits per heavy atom. The molecule has 0 aliphatic rings. The lowest BCUT2D eigenvalue weighted by molar-refractivity contribution is 0.242. The van der Waals surface area contributed by atoms with E-state index >= 15 is 0 Å². The lowest BCUT2D eigenvalue weighted by Crippen LogP contribution is -2.11. The number of hydrogen-bond donors (Lipinski definition) is 2. The lowest BCUT2D eigenvalue weighted by atomic mass is 10.3. The summed E-state index contributed by atoms with van der Waals surface area (Å²) in [5.41, 5.74) is 1.10. The highest BCUT2D eigenvalue weighted by molar-refractivity contribution is 5.07. The molecule has 0 amide bonds. The van der Waals surface area contributed by atoms with E-state index in [-0.39, 0.29) is 6.61 Å². The maximum Gasteiger partial charge on any atom is 0.129 e. The van der Waals surface area contributed by atoms with Crippen LogP contribution in [0.5, 0.6) is 0 Å². The molecule has 2 rings (SSSR count). The van der Waals surface area contributed by atoms with E-state index in [0.29, 0.717) is 12.3 Å². The molecule has 2 heterocycles. The fourth-order valence-corrected chi connectivity index (χ4v) is 1.33. The van der Waals surface area contributed by atoms with Crippen LogP contribution >= 0.6 is 0 Å². The molecule has 0 fully saturated rings. The van der Waals surface area contributed by atoms with Gasteiger partial charge in [0.2, 0.25) is 0 Å². The van der Waals surface area contributed by atoms with Crippen molar-refractivity contribution in [3.8, 4) is 0 Å². The monoisotopic (exact) mass is 207 g/mol. The average Bonchev–Trinajstić information content (AvgIpc) is 2.88. The van der Waals surface area contributed by atoms with Crippen molar-refractivity contribution in [2.45, 2.75) is 19.7 Å². The molecule has 4 heteroatoms. The molecule has 0 spiro atoms. The van der Waals surface area contributed by atoms with E-state index in [4.69, 9.17) is 13.9 Å². The molecule has 0 saturated heterocycles. The Morgan fingerprint density at radius 3 is 2.67 bits per heavy atom. The first kappa shape index (κ1) is 10.0. The summed E-state index contributed by atoms with van der Waals surface area (Å²) < 4.78 is 10.3. The van der Waals surface area contributed by atoms with Crippen molar-refractivity contribution in [3.05, 3.63) is 47.8 Å². The Kier molecular flexibility index (Phi) is 3.22. The Bertz CT molecular complexity index is 392. The quantitative estimate of drug-likeness (QED) is 0.782. The van der Waals surface area contributed by atoms with Gasteiger partial charge in [0, 0.05) is 12.1 Å². The molecule has 4 nitrogen and oxygen atoms in total. The molecule has 0 unspecified atom stereocenters. The van der Waals surface area contributed by atoms with Crippen LogP contribution in [0.1, 0.15) is 17.1 Å². The second kappa shape index (κ2) is 4.82. The number of furan rings is 2. The maximum absolute atomic E-state index is 8.80. The van der Waals surface area contributed by atoms with Crippen molar-refractivity contribution in [1.29, 1.82) is 0 Å². The van der Waals surface area contributed by atoms with Crippen LogP contribution in [0.15, 0.2) is 39.6 Å². The molecule has 0 atom stereocenters. The third kappa shape index (κ3) is 2.71. The first-order chi connectivity index (χ1) is 7.38. The summed E-state index contributed by atoms with van der Waals surface area (Å²) in [6.45, 7) is 1.33. The Balaban J connectivity index is 1.78. The minimum Gasteiger partial charge on any atom is -0.472 e. The second-order valence-electron chi connectivity index (χ2n) is 3.26. The van der Waals surface area contributed by atoms with E-state index < -0.39 is 0 Å². The molecule has 0 saturated carbocycles. The van der Waals surface area contributed by atoms with E-state index in [1.54, 1.807) is 18.6 Å². The van der Waals surface area contributed by atoms with E-state index in [2.05, 4.69) is 5.32 Å². The van der Waals surface area contributed by atoms with Gasteiger partial charge in [-0.15, -0.1) is 0 Å². The van der Waals surface area contributed by atoms with Crippen molar-refractivity contribution in [2.24, 2.45) is 0 Å². The van der Waals surface area contributed by atoms with Gasteiger partial charge in [0.1, 0.15) is 18.1 Å². The van der Waals surface area contributed by atoms with Crippen molar-refractivity contribution in [1.82, 2.24) is 5.32 Å². The highest BCUT2D eigenvalue weighted by Crippen LogP contribution is 2.07. The molecule has 0 aliphatic carbocycles. The predicted octanol–water partition coefficient (Wildman–Crippen LogP) is 1.65. The van der Waals surface area contributed by atoms with E-state index in [1.165, 1.54) is 0 Å². The van der Waals surface area contributed by atoms with Gasteiger partial charge >= 0.3 is 0 Å². The first-order valence-electron chi connectivity index (χ1n) is 4.79. The van der Waals surface area contributed by atoms with Crippen LogP contribution in [-0.2, 0) is 19.7 Å². The second-order valence-corrected chi connectivity index (χ2v) is 3.26. The summed E-state index contributed by atoms with van der Waals surface area (Å²) in [7, 11) is 0. The fourth-order valence-electron chi connectivity index (χ4n) is 1.33. The van der Waals surface area contributed by atoms with Crippen molar-refractivity contribution < 1.29 is 13.9 Å². The lowest BCUT2D eigenvalue weighted by Gasteiger charge is -1.99. The smallest absolute Gasteiger partial charge is 0.129 e. The molecular formula is C11H13NO3. The normalized spacial score (nSPS) is 10.7. The van der Waals surface area contributed by atoms with E-state index in [9.17, 15) is 0 Å². The standard InChI is InChI=1S/C11H13NO3/c13-7-11-2-1-10(15-11)6-12-5-9-3-4-14-8-9/h1-4,8,12-13H,5-7H2. The van der Waals surface area contributed by atoms with Crippen molar-refractivity contribution in [3.63, 3.8) is 0 Å². The molecule has 2 N–H and O–H groups in total. The molecule has 0 aromatic carbocycles. The summed E-state index contributed by atoms with van der Waals surface area (Å²) in [6.07, 6.45) is 3.35. The van der Waals surface area contributed by atoms with Gasteiger partial charge in [-0.3, -0.25) is 0 Å². The van der Waals surface area contributed by atoms with Gasteiger partial charge in [0.05, 0.1) is 19.1 Å². The summed E-state index contributed by atoms with van der Waals surface area (Å²) in [4.78, 5) is 0. The number of rotatable bonds is 5. The Labute approximate surface area is 87.5 Å². The zero-order valence-electron chi connectivity index (χ0n) is 8.27. The topological polar surface area (TPSA) is 58.5 Å². The minimum atomic E-state index is -0.0538. The van der Waals surface area contributed by atoms with Crippen LogP contribution < -0.4 is 5.32 Å². The first-order valence-corrected chi connectivity index (χ1v) is 4.79. The zero-order chi connectivity index (χ0) is 10.5. The number of aliphatic hydroxyl groups is 1. The number of hydrogen-bond acceptors (Lipinski definition) is 4. The molecular weight excluding hydrogens is 194 g/mol. The van der Waals surface area contributed by atoms with Crippen LogP contribution in [0.25, 0.3) is 0 Å². The maximum atomic E-state index is 8.80. The Hall–Kier alpha value is -1.52. The molecule has 2 aromatic heterocycles. The molecule has 0 radical (unpaired) electrons. The Morgan fingerprint density at radius 1 is 1.13 bits per heavy atom. The van der Waals surface area contributed by atoms with Gasteiger partial charge in [-0.05, 0) is 18.2 Å². The van der Waals surface area contributed by atoms with Gasteiger partial charge in [-0.2, -0.15) is 0 Å². The van der Waals surface area contributed by atoms with E-state index in [1.807, 2.05) is 12.1 Å². The summed E-state index contributed by atoms with van der Waals surface area (Å²) >= 11 is 0. The SMILES string of the molecule is OCc1ccc(CNCc2ccoc2)o1. The van der Waals surface area contributed by atoms with Gasteiger partial charge < -0.3 is 19.3 Å². The third-order valence-electron chi connectivity index (χ3n) is 2.08. The van der Waals surface area contributed by atoms with Gasteiger partial charge in [-0.25, -0.2) is 0 Å².